The molecule has 1 aliphatic rings. The van der Waals surface area contributed by atoms with Gasteiger partial charge >= 0.3 is 0 Å². The van der Waals surface area contributed by atoms with Crippen LogP contribution in [0.5, 0.6) is 0 Å². The van der Waals surface area contributed by atoms with Crippen LogP contribution in [0, 0.1) is 0 Å². The summed E-state index contributed by atoms with van der Waals surface area (Å²) in [6, 6.07) is 6.35. The van der Waals surface area contributed by atoms with Crippen molar-refractivity contribution < 1.29 is 0 Å². The van der Waals surface area contributed by atoms with E-state index in [1.807, 2.05) is 6.07 Å². The minimum absolute atomic E-state index is 0.310. The van der Waals surface area contributed by atoms with Crippen molar-refractivity contribution in [2.75, 3.05) is 19.6 Å². The van der Waals surface area contributed by atoms with Gasteiger partial charge in [0.05, 0.1) is 6.04 Å². The first-order chi connectivity index (χ1) is 8.74. The Morgan fingerprint density at radius 3 is 3.06 bits per heavy atom. The molecule has 3 N–H and O–H groups in total. The van der Waals surface area contributed by atoms with E-state index in [0.717, 1.165) is 24.5 Å². The van der Waals surface area contributed by atoms with Crippen molar-refractivity contribution >= 4 is 22.5 Å². The van der Waals surface area contributed by atoms with Gasteiger partial charge in [-0.15, -0.1) is 0 Å². The zero-order valence-electron chi connectivity index (χ0n) is 10.5. The topological polar surface area (TPSA) is 45.0 Å². The van der Waals surface area contributed by atoms with Crippen LogP contribution in [0.4, 0.5) is 0 Å². The number of aromatic amines is 1. The van der Waals surface area contributed by atoms with Gasteiger partial charge in [0.15, 0.2) is 0 Å². The van der Waals surface area contributed by atoms with E-state index < -0.39 is 0 Å². The molecule has 0 fully saturated rings. The van der Waals surface area contributed by atoms with Gasteiger partial charge in [0.25, 0.3) is 0 Å². The van der Waals surface area contributed by atoms with Crippen molar-refractivity contribution in [1.82, 2.24) is 9.88 Å². The number of nitrogens with one attached hydrogen (secondary N) is 1. The highest BCUT2D eigenvalue weighted by Gasteiger charge is 2.28. The van der Waals surface area contributed by atoms with Crippen molar-refractivity contribution in [3.63, 3.8) is 0 Å². The maximum atomic E-state index is 6.10. The monoisotopic (exact) mass is 263 g/mol. The Balaban J connectivity index is 2.17. The van der Waals surface area contributed by atoms with Gasteiger partial charge in [0.2, 0.25) is 0 Å². The molecule has 1 aromatic carbocycles. The molecule has 0 aliphatic carbocycles. The fourth-order valence-corrected chi connectivity index (χ4v) is 3.21. The highest BCUT2D eigenvalue weighted by molar-refractivity contribution is 6.31. The first kappa shape index (κ1) is 12.0. The van der Waals surface area contributed by atoms with E-state index >= 15 is 0 Å². The second-order valence-electron chi connectivity index (χ2n) is 4.84. The zero-order valence-corrected chi connectivity index (χ0v) is 11.3. The van der Waals surface area contributed by atoms with E-state index in [0.29, 0.717) is 12.6 Å². The average Bonchev–Trinajstić information content (AvgIpc) is 2.75. The van der Waals surface area contributed by atoms with Crippen molar-refractivity contribution in [1.29, 1.82) is 0 Å². The number of likely N-dealkylation sites (N-methyl/N-ethyl adjacent to an activating group) is 1. The molecule has 2 heterocycles. The summed E-state index contributed by atoms with van der Waals surface area (Å²) in [4.78, 5) is 5.96. The minimum Gasteiger partial charge on any atom is -0.357 e. The molecule has 1 unspecified atom stereocenters. The Kier molecular flexibility index (Phi) is 3.06. The number of aromatic nitrogens is 1. The SMILES string of the molecule is CCN1CCc2c([nH]c3ccc(Cl)cc23)C1CN. The van der Waals surface area contributed by atoms with Gasteiger partial charge < -0.3 is 10.7 Å². The fraction of sp³-hybridized carbons (Fsp3) is 0.429. The van der Waals surface area contributed by atoms with E-state index in [1.54, 1.807) is 0 Å². The minimum atomic E-state index is 0.310. The van der Waals surface area contributed by atoms with Crippen molar-refractivity contribution in [3.05, 3.63) is 34.5 Å². The molecule has 18 heavy (non-hydrogen) atoms. The predicted molar refractivity (Wildman–Crippen MR) is 76.1 cm³/mol. The number of H-pyrrole nitrogens is 1. The molecular weight excluding hydrogens is 246 g/mol. The van der Waals surface area contributed by atoms with Crippen LogP contribution in [-0.2, 0) is 6.42 Å². The van der Waals surface area contributed by atoms with Gasteiger partial charge in [-0.05, 0) is 36.7 Å². The van der Waals surface area contributed by atoms with Crippen LogP contribution in [-0.4, -0.2) is 29.5 Å². The van der Waals surface area contributed by atoms with Crippen molar-refractivity contribution in [2.45, 2.75) is 19.4 Å². The average molecular weight is 264 g/mol. The van der Waals surface area contributed by atoms with Crippen LogP contribution in [0.15, 0.2) is 18.2 Å². The lowest BCUT2D eigenvalue weighted by molar-refractivity contribution is 0.197. The van der Waals surface area contributed by atoms with Gasteiger partial charge in [-0.3, -0.25) is 4.90 Å². The lowest BCUT2D eigenvalue weighted by Gasteiger charge is -2.34. The van der Waals surface area contributed by atoms with Crippen molar-refractivity contribution in [3.8, 4) is 0 Å². The molecule has 0 spiro atoms. The van der Waals surface area contributed by atoms with Crippen LogP contribution >= 0.6 is 11.6 Å². The summed E-state index contributed by atoms with van der Waals surface area (Å²) in [5.74, 6) is 0. The molecule has 0 radical (unpaired) electrons. The van der Waals surface area contributed by atoms with E-state index in [9.17, 15) is 0 Å². The van der Waals surface area contributed by atoms with Gasteiger partial charge in [-0.25, -0.2) is 0 Å². The maximum absolute atomic E-state index is 6.10. The Labute approximate surface area is 112 Å². The lowest BCUT2D eigenvalue weighted by Crippen LogP contribution is -2.39. The molecule has 0 bridgehead atoms. The fourth-order valence-electron chi connectivity index (χ4n) is 3.03. The molecule has 0 saturated carbocycles. The normalized spacial score (nSPS) is 20.3. The molecular formula is C14H18ClN3. The Bertz CT molecular complexity index is 576. The maximum Gasteiger partial charge on any atom is 0.0625 e. The summed E-state index contributed by atoms with van der Waals surface area (Å²) in [7, 11) is 0. The largest absolute Gasteiger partial charge is 0.357 e. The summed E-state index contributed by atoms with van der Waals surface area (Å²) in [5.41, 5.74) is 9.79. The number of hydrogen-bond donors (Lipinski definition) is 2. The van der Waals surface area contributed by atoms with E-state index in [4.69, 9.17) is 17.3 Å². The van der Waals surface area contributed by atoms with Gasteiger partial charge in [-0.2, -0.15) is 0 Å². The summed E-state index contributed by atoms with van der Waals surface area (Å²) in [5, 5.41) is 2.05. The number of nitrogens with two attached hydrogens (primary N) is 1. The molecule has 96 valence electrons. The quantitative estimate of drug-likeness (QED) is 0.875. The van der Waals surface area contributed by atoms with Gasteiger partial charge in [-0.1, -0.05) is 18.5 Å². The second kappa shape index (κ2) is 4.57. The van der Waals surface area contributed by atoms with Crippen LogP contribution < -0.4 is 5.73 Å². The lowest BCUT2D eigenvalue weighted by atomic mass is 9.97. The molecule has 0 amide bonds. The first-order valence-corrected chi connectivity index (χ1v) is 6.86. The van der Waals surface area contributed by atoms with E-state index in [-0.39, 0.29) is 0 Å². The molecule has 3 rings (SSSR count). The number of fused-ring (bicyclic) bond motifs is 3. The Morgan fingerprint density at radius 1 is 1.50 bits per heavy atom. The second-order valence-corrected chi connectivity index (χ2v) is 5.27. The molecule has 0 saturated heterocycles. The highest BCUT2D eigenvalue weighted by Crippen LogP contribution is 2.34. The number of halogens is 1. The number of hydrogen-bond acceptors (Lipinski definition) is 2. The van der Waals surface area contributed by atoms with Gasteiger partial charge in [0, 0.05) is 34.7 Å². The summed E-state index contributed by atoms with van der Waals surface area (Å²) < 4.78 is 0. The summed E-state index contributed by atoms with van der Waals surface area (Å²) in [6.45, 7) is 4.96. The zero-order chi connectivity index (χ0) is 12.7. The summed E-state index contributed by atoms with van der Waals surface area (Å²) >= 11 is 6.10. The third-order valence-electron chi connectivity index (χ3n) is 3.95. The molecule has 1 aliphatic heterocycles. The Hall–Kier alpha value is -1.03. The molecule has 2 aromatic rings. The standard InChI is InChI=1S/C14H18ClN3/c1-2-18-6-5-10-11-7-9(15)3-4-12(11)17-14(10)13(18)8-16/h3-4,7,13,17H,2,5-6,8,16H2,1H3. The van der Waals surface area contributed by atoms with Crippen LogP contribution in [0.1, 0.15) is 24.2 Å². The van der Waals surface area contributed by atoms with E-state index in [2.05, 4.69) is 28.9 Å². The number of nitrogens with zero attached hydrogens (tertiary/aromatic N) is 1. The van der Waals surface area contributed by atoms with Crippen LogP contribution in [0.2, 0.25) is 5.02 Å². The summed E-state index contributed by atoms with van der Waals surface area (Å²) in [6.07, 6.45) is 1.07. The van der Waals surface area contributed by atoms with Crippen molar-refractivity contribution in [2.24, 2.45) is 5.73 Å². The van der Waals surface area contributed by atoms with Crippen LogP contribution in [0.3, 0.4) is 0 Å². The van der Waals surface area contributed by atoms with Crippen LogP contribution in [0.25, 0.3) is 10.9 Å². The molecule has 3 nitrogen and oxygen atoms in total. The smallest absolute Gasteiger partial charge is 0.0625 e. The first-order valence-electron chi connectivity index (χ1n) is 6.48. The molecule has 1 atom stereocenters. The number of benzene rings is 1. The van der Waals surface area contributed by atoms with E-state index in [1.165, 1.54) is 22.2 Å². The number of rotatable bonds is 2. The highest BCUT2D eigenvalue weighted by atomic mass is 35.5. The van der Waals surface area contributed by atoms with Gasteiger partial charge in [0.1, 0.15) is 0 Å². The predicted octanol–water partition coefficient (Wildman–Crippen LogP) is 2.70. The Morgan fingerprint density at radius 2 is 2.33 bits per heavy atom. The third kappa shape index (κ3) is 1.74. The molecule has 4 heteroatoms. The third-order valence-corrected chi connectivity index (χ3v) is 4.19. The molecule has 1 aromatic heterocycles.